The number of carbonyl (C=O) groups is 2. The number of rotatable bonds is 5. The quantitative estimate of drug-likeness (QED) is 0.886. The first-order valence-electron chi connectivity index (χ1n) is 7.35. The van der Waals surface area contributed by atoms with E-state index in [1.54, 1.807) is 54.3 Å². The number of nitrogens with zero attached hydrogens (tertiary/aromatic N) is 2. The first kappa shape index (κ1) is 14.3. The molecule has 1 saturated carbocycles. The van der Waals surface area contributed by atoms with Crippen molar-refractivity contribution in [3.8, 4) is 0 Å². The fourth-order valence-electron chi connectivity index (χ4n) is 2.15. The highest BCUT2D eigenvalue weighted by Crippen LogP contribution is 2.22. The van der Waals surface area contributed by atoms with Gasteiger partial charge in [0, 0.05) is 18.4 Å². The Morgan fingerprint density at radius 3 is 2.73 bits per heavy atom. The third-order valence-electron chi connectivity index (χ3n) is 3.64. The number of para-hydroxylation sites is 1. The molecule has 0 spiro atoms. The van der Waals surface area contributed by atoms with Crippen LogP contribution in [-0.2, 0) is 4.79 Å². The second-order valence-electron chi connectivity index (χ2n) is 5.44. The second-order valence-corrected chi connectivity index (χ2v) is 5.44. The SMILES string of the molecule is CC(C(=O)Nc1ccccc1C(=O)NC1CC1)n1cccn1. The number of amides is 2. The van der Waals surface area contributed by atoms with Gasteiger partial charge in [-0.15, -0.1) is 0 Å². The van der Waals surface area contributed by atoms with Crippen LogP contribution >= 0.6 is 0 Å². The fraction of sp³-hybridized carbons (Fsp3) is 0.312. The summed E-state index contributed by atoms with van der Waals surface area (Å²) in [4.78, 5) is 24.5. The molecule has 1 aromatic carbocycles. The number of carbonyl (C=O) groups excluding carboxylic acids is 2. The molecule has 0 aliphatic heterocycles. The van der Waals surface area contributed by atoms with E-state index < -0.39 is 6.04 Å². The molecule has 0 bridgehead atoms. The van der Waals surface area contributed by atoms with Crippen LogP contribution in [0.4, 0.5) is 5.69 Å². The molecule has 0 saturated heterocycles. The summed E-state index contributed by atoms with van der Waals surface area (Å²) in [5.74, 6) is -0.361. The minimum atomic E-state index is -0.449. The normalized spacial score (nSPS) is 15.1. The van der Waals surface area contributed by atoms with Gasteiger partial charge in [0.05, 0.1) is 11.3 Å². The minimum absolute atomic E-state index is 0.148. The number of benzene rings is 1. The van der Waals surface area contributed by atoms with Gasteiger partial charge in [-0.1, -0.05) is 12.1 Å². The van der Waals surface area contributed by atoms with Crippen LogP contribution in [0.3, 0.4) is 0 Å². The van der Waals surface area contributed by atoms with Gasteiger partial charge in [0.1, 0.15) is 6.04 Å². The van der Waals surface area contributed by atoms with E-state index in [9.17, 15) is 9.59 Å². The molecule has 2 aromatic rings. The van der Waals surface area contributed by atoms with Gasteiger partial charge in [-0.2, -0.15) is 5.10 Å². The van der Waals surface area contributed by atoms with Crippen molar-refractivity contribution >= 4 is 17.5 Å². The molecule has 0 radical (unpaired) electrons. The Labute approximate surface area is 128 Å². The van der Waals surface area contributed by atoms with Gasteiger partial charge in [-0.05, 0) is 38.0 Å². The molecule has 1 fully saturated rings. The van der Waals surface area contributed by atoms with Crippen molar-refractivity contribution in [1.29, 1.82) is 0 Å². The maximum absolute atomic E-state index is 12.3. The molecule has 1 aliphatic rings. The van der Waals surface area contributed by atoms with Gasteiger partial charge in [0.25, 0.3) is 5.91 Å². The number of hydrogen-bond donors (Lipinski definition) is 2. The zero-order chi connectivity index (χ0) is 15.5. The van der Waals surface area contributed by atoms with Crippen LogP contribution in [0.25, 0.3) is 0 Å². The van der Waals surface area contributed by atoms with E-state index in [1.165, 1.54) is 0 Å². The first-order valence-corrected chi connectivity index (χ1v) is 7.35. The predicted octanol–water partition coefficient (Wildman–Crippen LogP) is 1.97. The monoisotopic (exact) mass is 298 g/mol. The molecule has 1 atom stereocenters. The van der Waals surface area contributed by atoms with Gasteiger partial charge in [0.15, 0.2) is 0 Å². The van der Waals surface area contributed by atoms with Gasteiger partial charge < -0.3 is 10.6 Å². The van der Waals surface area contributed by atoms with E-state index in [0.29, 0.717) is 11.3 Å². The van der Waals surface area contributed by atoms with E-state index in [1.807, 2.05) is 0 Å². The molecule has 1 aliphatic carbocycles. The summed E-state index contributed by atoms with van der Waals surface area (Å²) in [6, 6.07) is 8.62. The van der Waals surface area contributed by atoms with Gasteiger partial charge in [0.2, 0.25) is 5.91 Å². The topological polar surface area (TPSA) is 76.0 Å². The maximum Gasteiger partial charge on any atom is 0.253 e. The summed E-state index contributed by atoms with van der Waals surface area (Å²) in [6.45, 7) is 1.76. The lowest BCUT2D eigenvalue weighted by molar-refractivity contribution is -0.119. The van der Waals surface area contributed by atoms with Gasteiger partial charge in [-0.3, -0.25) is 14.3 Å². The third kappa shape index (κ3) is 3.16. The van der Waals surface area contributed by atoms with Crippen molar-refractivity contribution < 1.29 is 9.59 Å². The standard InChI is InChI=1S/C16H18N4O2/c1-11(20-10-4-9-17-20)15(21)19-14-6-3-2-5-13(14)16(22)18-12-7-8-12/h2-6,9-12H,7-8H2,1H3,(H,18,22)(H,19,21). The van der Waals surface area contributed by atoms with E-state index in [-0.39, 0.29) is 17.9 Å². The van der Waals surface area contributed by atoms with Gasteiger partial charge >= 0.3 is 0 Å². The smallest absolute Gasteiger partial charge is 0.253 e. The number of nitrogens with one attached hydrogen (secondary N) is 2. The molecular formula is C16H18N4O2. The van der Waals surface area contributed by atoms with Crippen molar-refractivity contribution in [2.75, 3.05) is 5.32 Å². The Bertz CT molecular complexity index is 677. The zero-order valence-electron chi connectivity index (χ0n) is 12.3. The van der Waals surface area contributed by atoms with Crippen LogP contribution in [0.1, 0.15) is 36.2 Å². The molecule has 114 valence electrons. The molecule has 2 N–H and O–H groups in total. The summed E-state index contributed by atoms with van der Waals surface area (Å²) in [5.41, 5.74) is 1.00. The van der Waals surface area contributed by atoms with E-state index in [0.717, 1.165) is 12.8 Å². The average molecular weight is 298 g/mol. The minimum Gasteiger partial charge on any atom is -0.349 e. The lowest BCUT2D eigenvalue weighted by Gasteiger charge is -2.15. The van der Waals surface area contributed by atoms with Crippen LogP contribution in [0.15, 0.2) is 42.7 Å². The fourth-order valence-corrected chi connectivity index (χ4v) is 2.15. The van der Waals surface area contributed by atoms with Crippen molar-refractivity contribution in [3.63, 3.8) is 0 Å². The zero-order valence-corrected chi connectivity index (χ0v) is 12.3. The molecule has 2 amide bonds. The van der Waals surface area contributed by atoms with Crippen LogP contribution in [0.5, 0.6) is 0 Å². The summed E-state index contributed by atoms with van der Waals surface area (Å²) < 4.78 is 1.57. The Morgan fingerprint density at radius 1 is 1.27 bits per heavy atom. The molecule has 1 heterocycles. The maximum atomic E-state index is 12.3. The Hall–Kier alpha value is -2.63. The molecule has 3 rings (SSSR count). The molecule has 1 unspecified atom stereocenters. The van der Waals surface area contributed by atoms with Crippen LogP contribution in [-0.4, -0.2) is 27.6 Å². The highest BCUT2D eigenvalue weighted by Gasteiger charge is 2.25. The van der Waals surface area contributed by atoms with Crippen molar-refractivity contribution in [3.05, 3.63) is 48.3 Å². The van der Waals surface area contributed by atoms with Crippen LogP contribution in [0, 0.1) is 0 Å². The van der Waals surface area contributed by atoms with E-state index in [4.69, 9.17) is 0 Å². The second kappa shape index (κ2) is 6.01. The highest BCUT2D eigenvalue weighted by atomic mass is 16.2. The van der Waals surface area contributed by atoms with Crippen LogP contribution in [0.2, 0.25) is 0 Å². The van der Waals surface area contributed by atoms with Crippen molar-refractivity contribution in [1.82, 2.24) is 15.1 Å². The summed E-state index contributed by atoms with van der Waals surface area (Å²) in [5, 5.41) is 9.81. The highest BCUT2D eigenvalue weighted by molar-refractivity contribution is 6.04. The number of hydrogen-bond acceptors (Lipinski definition) is 3. The predicted molar refractivity (Wildman–Crippen MR) is 82.5 cm³/mol. The summed E-state index contributed by atoms with van der Waals surface area (Å²) in [6.07, 6.45) is 5.41. The van der Waals surface area contributed by atoms with Crippen LogP contribution < -0.4 is 10.6 Å². The Kier molecular flexibility index (Phi) is 3.91. The van der Waals surface area contributed by atoms with Gasteiger partial charge in [-0.25, -0.2) is 0 Å². The molecule has 6 heteroatoms. The molecule has 6 nitrogen and oxygen atoms in total. The lowest BCUT2D eigenvalue weighted by atomic mass is 10.1. The van der Waals surface area contributed by atoms with Crippen molar-refractivity contribution in [2.24, 2.45) is 0 Å². The lowest BCUT2D eigenvalue weighted by Crippen LogP contribution is -2.28. The van der Waals surface area contributed by atoms with E-state index >= 15 is 0 Å². The Morgan fingerprint density at radius 2 is 2.05 bits per heavy atom. The largest absolute Gasteiger partial charge is 0.349 e. The molecule has 1 aromatic heterocycles. The van der Waals surface area contributed by atoms with Crippen molar-refractivity contribution in [2.45, 2.75) is 31.8 Å². The molecule has 22 heavy (non-hydrogen) atoms. The van der Waals surface area contributed by atoms with E-state index in [2.05, 4.69) is 15.7 Å². The number of aromatic nitrogens is 2. The first-order chi connectivity index (χ1) is 10.6. The molecular weight excluding hydrogens is 280 g/mol. The summed E-state index contributed by atoms with van der Waals surface area (Å²) in [7, 11) is 0. The number of anilines is 1. The third-order valence-corrected chi connectivity index (χ3v) is 3.64. The average Bonchev–Trinajstić information content (AvgIpc) is 3.16. The summed E-state index contributed by atoms with van der Waals surface area (Å²) >= 11 is 0. The Balaban J connectivity index is 1.74.